The molecule has 0 aliphatic heterocycles. The summed E-state index contributed by atoms with van der Waals surface area (Å²) in [5, 5.41) is 0. The highest BCUT2D eigenvalue weighted by Crippen LogP contribution is 2.20. The van der Waals surface area contributed by atoms with Crippen molar-refractivity contribution in [1.29, 1.82) is 0 Å². The average Bonchev–Trinajstić information content (AvgIpc) is 2.38. The molecule has 0 saturated heterocycles. The lowest BCUT2D eigenvalue weighted by Gasteiger charge is -2.32. The summed E-state index contributed by atoms with van der Waals surface area (Å²) < 4.78 is 1.38. The van der Waals surface area contributed by atoms with E-state index < -0.39 is 0 Å². The topological polar surface area (TPSA) is 32.3 Å². The van der Waals surface area contributed by atoms with E-state index in [0.29, 0.717) is 5.56 Å². The molecule has 0 aromatic heterocycles. The second kappa shape index (κ2) is 6.92. The Hall–Kier alpha value is -1.06. The fraction of sp³-hybridized carbons (Fsp3) is 0.533. The molecule has 0 spiro atoms. The summed E-state index contributed by atoms with van der Waals surface area (Å²) in [5.41, 5.74) is 4.28. The number of rotatable bonds is 6. The van der Waals surface area contributed by atoms with E-state index in [-0.39, 0.29) is 11.4 Å². The lowest BCUT2D eigenvalue weighted by molar-refractivity contribution is 0.0775. The molecule has 0 aliphatic carbocycles. The van der Waals surface area contributed by atoms with Gasteiger partial charge in [0.1, 0.15) is 0 Å². The van der Waals surface area contributed by atoms with Gasteiger partial charge in [-0.05, 0) is 44.4 Å². The SMILES string of the molecule is CCCC(C)(C)N(Cl)NC(=O)c1ccc(CC)cc1. The zero-order valence-electron chi connectivity index (χ0n) is 12.2. The minimum absolute atomic E-state index is 0.179. The van der Waals surface area contributed by atoms with Gasteiger partial charge in [-0.1, -0.05) is 32.4 Å². The predicted molar refractivity (Wildman–Crippen MR) is 80.0 cm³/mol. The van der Waals surface area contributed by atoms with E-state index >= 15 is 0 Å². The fourth-order valence-electron chi connectivity index (χ4n) is 1.91. The number of nitrogens with zero attached hydrogens (tertiary/aromatic N) is 1. The first-order chi connectivity index (χ1) is 8.90. The summed E-state index contributed by atoms with van der Waals surface area (Å²) in [6, 6.07) is 7.58. The van der Waals surface area contributed by atoms with Crippen LogP contribution in [0.1, 0.15) is 56.5 Å². The van der Waals surface area contributed by atoms with E-state index in [1.807, 2.05) is 38.1 Å². The van der Waals surface area contributed by atoms with Gasteiger partial charge in [0.25, 0.3) is 5.91 Å². The smallest absolute Gasteiger partial charge is 0.266 e. The zero-order valence-corrected chi connectivity index (χ0v) is 12.9. The molecule has 1 N–H and O–H groups in total. The highest BCUT2D eigenvalue weighted by atomic mass is 35.5. The minimum atomic E-state index is -0.269. The molecule has 4 heteroatoms. The zero-order chi connectivity index (χ0) is 14.5. The Labute approximate surface area is 121 Å². The number of halogens is 1. The number of carbonyl (C=O) groups excluding carboxylic acids is 1. The van der Waals surface area contributed by atoms with Crippen molar-refractivity contribution < 1.29 is 4.79 Å². The molecule has 0 unspecified atom stereocenters. The van der Waals surface area contributed by atoms with Gasteiger partial charge >= 0.3 is 0 Å². The van der Waals surface area contributed by atoms with E-state index in [4.69, 9.17) is 11.8 Å². The van der Waals surface area contributed by atoms with Crippen LogP contribution < -0.4 is 5.43 Å². The molecule has 1 aromatic carbocycles. The Bertz CT molecular complexity index is 415. The summed E-state index contributed by atoms with van der Waals surface area (Å²) in [4.78, 5) is 12.1. The fourth-order valence-corrected chi connectivity index (χ4v) is 2.07. The molecule has 106 valence electrons. The molecular formula is C15H23ClN2O. The van der Waals surface area contributed by atoms with Gasteiger partial charge in [0.15, 0.2) is 0 Å². The van der Waals surface area contributed by atoms with E-state index in [9.17, 15) is 4.79 Å². The number of amides is 1. The first-order valence-corrected chi connectivity index (χ1v) is 7.10. The van der Waals surface area contributed by atoms with Crippen molar-refractivity contribution in [3.8, 4) is 0 Å². The van der Waals surface area contributed by atoms with Crippen LogP contribution in [-0.2, 0) is 6.42 Å². The molecule has 19 heavy (non-hydrogen) atoms. The van der Waals surface area contributed by atoms with Gasteiger partial charge in [-0.25, -0.2) is 0 Å². The van der Waals surface area contributed by atoms with Gasteiger partial charge in [-0.15, -0.1) is 4.53 Å². The number of hydrogen-bond donors (Lipinski definition) is 1. The first kappa shape index (κ1) is 16.0. The Morgan fingerprint density at radius 1 is 1.26 bits per heavy atom. The van der Waals surface area contributed by atoms with Crippen LogP contribution in [0.15, 0.2) is 24.3 Å². The van der Waals surface area contributed by atoms with Crippen molar-refractivity contribution in [3.05, 3.63) is 35.4 Å². The lowest BCUT2D eigenvalue weighted by atomic mass is 10.0. The van der Waals surface area contributed by atoms with Gasteiger partial charge in [0.05, 0.1) is 5.54 Å². The van der Waals surface area contributed by atoms with Crippen LogP contribution in [-0.4, -0.2) is 16.0 Å². The third-order valence-corrected chi connectivity index (χ3v) is 3.76. The summed E-state index contributed by atoms with van der Waals surface area (Å²) in [7, 11) is 0. The second-order valence-electron chi connectivity index (χ2n) is 5.33. The number of aryl methyl sites for hydroxylation is 1. The van der Waals surface area contributed by atoms with E-state index in [1.54, 1.807) is 0 Å². The van der Waals surface area contributed by atoms with Gasteiger partial charge in [0.2, 0.25) is 0 Å². The maximum Gasteiger partial charge on any atom is 0.266 e. The molecule has 1 rings (SSSR count). The van der Waals surface area contributed by atoms with Crippen molar-refractivity contribution in [3.63, 3.8) is 0 Å². The van der Waals surface area contributed by atoms with Gasteiger partial charge < -0.3 is 0 Å². The standard InChI is InChI=1S/C15H23ClN2O/c1-5-11-15(3,4)18(16)17-14(19)13-9-7-12(6-2)8-10-13/h7-10H,5-6,11H2,1-4H3,(H,17,19). The van der Waals surface area contributed by atoms with Crippen LogP contribution in [0.3, 0.4) is 0 Å². The highest BCUT2D eigenvalue weighted by molar-refractivity contribution is 6.14. The summed E-state index contributed by atoms with van der Waals surface area (Å²) in [6.45, 7) is 8.19. The largest absolute Gasteiger partial charge is 0.270 e. The number of carbonyl (C=O) groups is 1. The van der Waals surface area contributed by atoms with Crippen LogP contribution in [0, 0.1) is 0 Å². The Balaban J connectivity index is 2.68. The molecule has 1 amide bonds. The molecule has 0 heterocycles. The van der Waals surface area contributed by atoms with Crippen LogP contribution >= 0.6 is 11.8 Å². The third kappa shape index (κ3) is 4.51. The van der Waals surface area contributed by atoms with Crippen LogP contribution in [0.4, 0.5) is 0 Å². The molecule has 0 radical (unpaired) electrons. The molecule has 0 fully saturated rings. The molecular weight excluding hydrogens is 260 g/mol. The highest BCUT2D eigenvalue weighted by Gasteiger charge is 2.26. The van der Waals surface area contributed by atoms with Crippen molar-refractivity contribution in [2.45, 2.75) is 52.5 Å². The monoisotopic (exact) mass is 282 g/mol. The molecule has 3 nitrogen and oxygen atoms in total. The Kier molecular flexibility index (Phi) is 5.83. The van der Waals surface area contributed by atoms with Gasteiger partial charge in [-0.2, -0.15) is 0 Å². The molecule has 0 bridgehead atoms. The second-order valence-corrected chi connectivity index (χ2v) is 5.67. The summed E-state index contributed by atoms with van der Waals surface area (Å²) in [6.07, 6.45) is 2.88. The van der Waals surface area contributed by atoms with Crippen molar-refractivity contribution in [2.75, 3.05) is 0 Å². The number of hydrazine groups is 1. The first-order valence-electron chi connectivity index (χ1n) is 6.76. The quantitative estimate of drug-likeness (QED) is 0.633. The van der Waals surface area contributed by atoms with Crippen molar-refractivity contribution in [1.82, 2.24) is 9.95 Å². The third-order valence-electron chi connectivity index (χ3n) is 3.22. The van der Waals surface area contributed by atoms with Crippen LogP contribution in [0.5, 0.6) is 0 Å². The number of nitrogens with one attached hydrogen (secondary N) is 1. The Morgan fingerprint density at radius 3 is 2.32 bits per heavy atom. The van der Waals surface area contributed by atoms with Crippen molar-refractivity contribution in [2.24, 2.45) is 0 Å². The van der Waals surface area contributed by atoms with Crippen LogP contribution in [0.2, 0.25) is 0 Å². The van der Waals surface area contributed by atoms with Crippen LogP contribution in [0.25, 0.3) is 0 Å². The Morgan fingerprint density at radius 2 is 1.84 bits per heavy atom. The molecule has 0 saturated carbocycles. The molecule has 1 aromatic rings. The van der Waals surface area contributed by atoms with Gasteiger partial charge in [-0.3, -0.25) is 10.2 Å². The maximum absolute atomic E-state index is 12.1. The van der Waals surface area contributed by atoms with E-state index in [0.717, 1.165) is 19.3 Å². The lowest BCUT2D eigenvalue weighted by Crippen LogP contribution is -2.48. The van der Waals surface area contributed by atoms with E-state index in [2.05, 4.69) is 19.3 Å². The minimum Gasteiger partial charge on any atom is -0.270 e. The van der Waals surface area contributed by atoms with Crippen molar-refractivity contribution >= 4 is 17.7 Å². The molecule has 0 atom stereocenters. The molecule has 0 aliphatic rings. The van der Waals surface area contributed by atoms with E-state index in [1.165, 1.54) is 10.1 Å². The summed E-state index contributed by atoms with van der Waals surface area (Å²) >= 11 is 6.16. The number of benzene rings is 1. The normalized spacial score (nSPS) is 11.7. The predicted octanol–water partition coefficient (Wildman–Crippen LogP) is 3.93. The van der Waals surface area contributed by atoms with Gasteiger partial charge in [0, 0.05) is 17.3 Å². The average molecular weight is 283 g/mol. The summed E-state index contributed by atoms with van der Waals surface area (Å²) in [5.74, 6) is -0.179. The number of hydrogen-bond acceptors (Lipinski definition) is 2. The maximum atomic E-state index is 12.1.